The van der Waals surface area contributed by atoms with Crippen LogP contribution in [0.1, 0.15) is 51.7 Å². The number of anilines is 1. The fourth-order valence-corrected chi connectivity index (χ4v) is 7.70. The number of nitrogens with zero attached hydrogens (tertiary/aromatic N) is 1. The largest absolute Gasteiger partial charge is 0.322 e. The lowest BCUT2D eigenvalue weighted by molar-refractivity contribution is -0.116. The molecule has 1 amide bonds. The molecule has 1 aromatic rings. The van der Waals surface area contributed by atoms with E-state index in [1.807, 2.05) is 26.0 Å². The molecular formula is C20H32N2OP+. The summed E-state index contributed by atoms with van der Waals surface area (Å²) in [6.45, 7) is 20.0. The Hall–Kier alpha value is -1.39. The first-order chi connectivity index (χ1) is 11.4. The van der Waals surface area contributed by atoms with E-state index in [2.05, 4.69) is 37.9 Å². The first-order valence-electron chi connectivity index (χ1n) is 9.04. The predicted molar refractivity (Wildman–Crippen MR) is 108 cm³/mol. The molecule has 0 aromatic heterocycles. The Bertz CT molecular complexity index is 583. The summed E-state index contributed by atoms with van der Waals surface area (Å²) in [7, 11) is -1.26. The zero-order valence-corrected chi connectivity index (χ0v) is 17.0. The molecule has 0 saturated carbocycles. The fourth-order valence-electron chi connectivity index (χ4n) is 3.67. The minimum absolute atomic E-state index is 0.141. The molecule has 0 aliphatic carbocycles. The van der Waals surface area contributed by atoms with E-state index in [1.165, 1.54) is 0 Å². The number of carbonyl (C=O) groups is 1. The third-order valence-corrected chi connectivity index (χ3v) is 10.9. The van der Waals surface area contributed by atoms with Crippen LogP contribution < -0.4 is 5.32 Å². The van der Waals surface area contributed by atoms with Crippen LogP contribution in [-0.2, 0) is 4.79 Å². The average molecular weight is 347 g/mol. The number of amides is 1. The molecule has 0 saturated heterocycles. The second kappa shape index (κ2) is 9.19. The number of hydrogen-bond acceptors (Lipinski definition) is 1. The Labute approximate surface area is 148 Å². The molecule has 1 rings (SSSR count). The van der Waals surface area contributed by atoms with Crippen molar-refractivity contribution in [1.29, 1.82) is 0 Å². The lowest BCUT2D eigenvalue weighted by Crippen LogP contribution is -2.33. The minimum Gasteiger partial charge on any atom is -0.322 e. The van der Waals surface area contributed by atoms with E-state index < -0.39 is 7.26 Å². The number of aryl methyl sites for hydroxylation is 2. The molecule has 0 aliphatic rings. The van der Waals surface area contributed by atoms with Gasteiger partial charge >= 0.3 is 0 Å². The van der Waals surface area contributed by atoms with Crippen LogP contribution in [-0.4, -0.2) is 30.1 Å². The standard InChI is InChI=1S/C20H31N2OP/c1-8-12-18(24(9-2,10-3)11-4)20(23)22-19-15(5)13-17(21-7)14-16(19)6/h13-14,18H,8-12H2,1-6H3/p+1. The van der Waals surface area contributed by atoms with E-state index in [-0.39, 0.29) is 11.6 Å². The maximum atomic E-state index is 13.1. The Morgan fingerprint density at radius 2 is 1.62 bits per heavy atom. The highest BCUT2D eigenvalue weighted by molar-refractivity contribution is 7.77. The van der Waals surface area contributed by atoms with Gasteiger partial charge in [-0.1, -0.05) is 25.5 Å². The average Bonchev–Trinajstić information content (AvgIpc) is 2.58. The van der Waals surface area contributed by atoms with E-state index in [0.717, 1.165) is 48.1 Å². The van der Waals surface area contributed by atoms with Crippen LogP contribution in [0, 0.1) is 20.4 Å². The van der Waals surface area contributed by atoms with Crippen molar-refractivity contribution in [3.05, 3.63) is 34.7 Å². The zero-order chi connectivity index (χ0) is 18.3. The third-order valence-electron chi connectivity index (χ3n) is 5.31. The lowest BCUT2D eigenvalue weighted by atomic mass is 10.1. The van der Waals surface area contributed by atoms with Gasteiger partial charge in [-0.2, -0.15) is 0 Å². The fraction of sp³-hybridized carbons (Fsp3) is 0.600. The van der Waals surface area contributed by atoms with Gasteiger partial charge in [0.25, 0.3) is 5.91 Å². The van der Waals surface area contributed by atoms with Crippen LogP contribution in [0.5, 0.6) is 0 Å². The molecular weight excluding hydrogens is 315 g/mol. The second-order valence-electron chi connectivity index (χ2n) is 6.53. The van der Waals surface area contributed by atoms with Crippen LogP contribution >= 0.6 is 7.26 Å². The number of rotatable bonds is 8. The summed E-state index contributed by atoms with van der Waals surface area (Å²) in [6.07, 6.45) is 5.40. The van der Waals surface area contributed by atoms with Crippen molar-refractivity contribution in [3.63, 3.8) is 0 Å². The maximum Gasteiger partial charge on any atom is 0.265 e. The van der Waals surface area contributed by atoms with Crippen LogP contribution in [0.15, 0.2) is 12.1 Å². The topological polar surface area (TPSA) is 33.5 Å². The predicted octanol–water partition coefficient (Wildman–Crippen LogP) is 6.04. The number of hydrogen-bond donors (Lipinski definition) is 1. The third kappa shape index (κ3) is 4.37. The van der Waals surface area contributed by atoms with Gasteiger partial charge in [-0.3, -0.25) is 4.79 Å². The number of carbonyl (C=O) groups excluding carboxylic acids is 1. The van der Waals surface area contributed by atoms with E-state index in [4.69, 9.17) is 6.57 Å². The van der Waals surface area contributed by atoms with Gasteiger partial charge in [0, 0.05) is 12.9 Å². The van der Waals surface area contributed by atoms with Gasteiger partial charge in [0.1, 0.15) is 5.66 Å². The first-order valence-corrected chi connectivity index (χ1v) is 11.5. The highest BCUT2D eigenvalue weighted by Gasteiger charge is 2.45. The first kappa shape index (κ1) is 20.7. The molecule has 1 aromatic carbocycles. The normalized spacial score (nSPS) is 12.5. The summed E-state index contributed by atoms with van der Waals surface area (Å²) in [5.41, 5.74) is 3.60. The van der Waals surface area contributed by atoms with Crippen molar-refractivity contribution >= 4 is 24.5 Å². The van der Waals surface area contributed by atoms with Crippen molar-refractivity contribution in [1.82, 2.24) is 0 Å². The van der Waals surface area contributed by atoms with Crippen molar-refractivity contribution in [2.75, 3.05) is 23.8 Å². The highest BCUT2D eigenvalue weighted by atomic mass is 31.2. The van der Waals surface area contributed by atoms with E-state index in [9.17, 15) is 4.79 Å². The molecule has 132 valence electrons. The summed E-state index contributed by atoms with van der Waals surface area (Å²) in [4.78, 5) is 16.6. The molecule has 0 bridgehead atoms. The van der Waals surface area contributed by atoms with Gasteiger partial charge in [-0.25, -0.2) is 4.85 Å². The zero-order valence-electron chi connectivity index (χ0n) is 16.1. The molecule has 0 heterocycles. The molecule has 4 heteroatoms. The maximum absolute atomic E-state index is 13.1. The van der Waals surface area contributed by atoms with Crippen LogP contribution in [0.2, 0.25) is 0 Å². The molecule has 0 aliphatic heterocycles. The Morgan fingerprint density at radius 3 is 2.00 bits per heavy atom. The highest BCUT2D eigenvalue weighted by Crippen LogP contribution is 2.63. The molecule has 0 fully saturated rings. The van der Waals surface area contributed by atoms with Crippen molar-refractivity contribution in [3.8, 4) is 0 Å². The molecule has 3 nitrogen and oxygen atoms in total. The lowest BCUT2D eigenvalue weighted by Gasteiger charge is -2.32. The van der Waals surface area contributed by atoms with Crippen molar-refractivity contribution in [2.45, 2.75) is 60.0 Å². The molecule has 0 spiro atoms. The van der Waals surface area contributed by atoms with Gasteiger partial charge in [-0.05, 0) is 52.2 Å². The summed E-state index contributed by atoms with van der Waals surface area (Å²) in [6, 6.07) is 3.71. The Kier molecular flexibility index (Phi) is 7.91. The van der Waals surface area contributed by atoms with E-state index >= 15 is 0 Å². The van der Waals surface area contributed by atoms with Gasteiger partial charge in [0.2, 0.25) is 0 Å². The summed E-state index contributed by atoms with van der Waals surface area (Å²) in [5, 5.41) is 3.21. The minimum atomic E-state index is -1.26. The second-order valence-corrected chi connectivity index (χ2v) is 11.5. The van der Waals surface area contributed by atoms with Gasteiger partial charge < -0.3 is 5.32 Å². The Morgan fingerprint density at radius 1 is 1.12 bits per heavy atom. The quantitative estimate of drug-likeness (QED) is 0.451. The monoisotopic (exact) mass is 347 g/mol. The number of benzene rings is 1. The molecule has 1 N–H and O–H groups in total. The molecule has 1 atom stereocenters. The SMILES string of the molecule is [C-]#[N+]c1cc(C)c(NC(=O)C(CCC)[P+](CC)(CC)CC)c(C)c1. The summed E-state index contributed by atoms with van der Waals surface area (Å²) >= 11 is 0. The molecule has 0 radical (unpaired) electrons. The van der Waals surface area contributed by atoms with Crippen molar-refractivity contribution < 1.29 is 4.79 Å². The molecule has 1 unspecified atom stereocenters. The van der Waals surface area contributed by atoms with Crippen LogP contribution in [0.25, 0.3) is 4.85 Å². The number of nitrogens with one attached hydrogen (secondary N) is 1. The molecule has 24 heavy (non-hydrogen) atoms. The Balaban J connectivity index is 3.17. The van der Waals surface area contributed by atoms with E-state index in [1.54, 1.807) is 0 Å². The van der Waals surface area contributed by atoms with Crippen LogP contribution in [0.4, 0.5) is 11.4 Å². The van der Waals surface area contributed by atoms with Crippen LogP contribution in [0.3, 0.4) is 0 Å². The smallest absolute Gasteiger partial charge is 0.265 e. The summed E-state index contributed by atoms with van der Waals surface area (Å²) in [5.74, 6) is 0.178. The van der Waals surface area contributed by atoms with E-state index in [0.29, 0.717) is 5.69 Å². The van der Waals surface area contributed by atoms with Gasteiger partial charge in [0.15, 0.2) is 5.69 Å². The van der Waals surface area contributed by atoms with Gasteiger partial charge in [-0.15, -0.1) is 0 Å². The summed E-state index contributed by atoms with van der Waals surface area (Å²) < 4.78 is 0. The van der Waals surface area contributed by atoms with Crippen molar-refractivity contribution in [2.24, 2.45) is 0 Å². The van der Waals surface area contributed by atoms with Gasteiger partial charge in [0.05, 0.1) is 25.1 Å².